The van der Waals surface area contributed by atoms with Crippen LogP contribution in [0.4, 0.5) is 0 Å². The highest BCUT2D eigenvalue weighted by Gasteiger charge is 2.26. The number of hydrogen-bond donors (Lipinski definition) is 1. The van der Waals surface area contributed by atoms with Crippen LogP contribution < -0.4 is 10.5 Å². The van der Waals surface area contributed by atoms with Crippen LogP contribution in [0.2, 0.25) is 0 Å². The third-order valence-corrected chi connectivity index (χ3v) is 4.12. The number of aromatic nitrogens is 1. The summed E-state index contributed by atoms with van der Waals surface area (Å²) in [5.74, 6) is 2.26. The van der Waals surface area contributed by atoms with Crippen molar-refractivity contribution in [2.75, 3.05) is 0 Å². The Labute approximate surface area is 110 Å². The summed E-state index contributed by atoms with van der Waals surface area (Å²) in [4.78, 5) is 4.34. The van der Waals surface area contributed by atoms with Crippen LogP contribution in [0.15, 0.2) is 18.3 Å². The summed E-state index contributed by atoms with van der Waals surface area (Å²) < 4.78 is 6.08. The Morgan fingerprint density at radius 2 is 2.11 bits per heavy atom. The van der Waals surface area contributed by atoms with E-state index in [9.17, 15) is 0 Å². The molecule has 3 heteroatoms. The third-order valence-electron chi connectivity index (χ3n) is 4.12. The van der Waals surface area contributed by atoms with Gasteiger partial charge in [0.2, 0.25) is 5.88 Å². The quantitative estimate of drug-likeness (QED) is 0.892. The van der Waals surface area contributed by atoms with Gasteiger partial charge < -0.3 is 10.5 Å². The van der Waals surface area contributed by atoms with Gasteiger partial charge in [0, 0.05) is 17.8 Å². The van der Waals surface area contributed by atoms with E-state index in [-0.39, 0.29) is 6.04 Å². The monoisotopic (exact) mass is 248 g/mol. The normalized spacial score (nSPS) is 29.9. The number of pyridine rings is 1. The molecule has 4 atom stereocenters. The predicted molar refractivity (Wildman–Crippen MR) is 73.4 cm³/mol. The highest BCUT2D eigenvalue weighted by Crippen LogP contribution is 2.32. The molecule has 3 unspecified atom stereocenters. The van der Waals surface area contributed by atoms with Gasteiger partial charge in [0.15, 0.2) is 0 Å². The van der Waals surface area contributed by atoms with Crippen molar-refractivity contribution in [2.24, 2.45) is 17.6 Å². The van der Waals surface area contributed by atoms with E-state index in [0.29, 0.717) is 6.10 Å². The molecule has 100 valence electrons. The van der Waals surface area contributed by atoms with Crippen LogP contribution in [-0.2, 0) is 0 Å². The Morgan fingerprint density at radius 1 is 1.33 bits per heavy atom. The Hall–Kier alpha value is -1.09. The Bertz CT molecular complexity index is 392. The maximum absolute atomic E-state index is 6.08. The molecule has 1 heterocycles. The highest BCUT2D eigenvalue weighted by molar-refractivity contribution is 5.28. The fourth-order valence-electron chi connectivity index (χ4n) is 2.61. The van der Waals surface area contributed by atoms with Gasteiger partial charge in [0.25, 0.3) is 0 Å². The van der Waals surface area contributed by atoms with E-state index in [1.54, 1.807) is 6.20 Å². The van der Waals surface area contributed by atoms with Crippen molar-refractivity contribution in [3.8, 4) is 5.88 Å². The van der Waals surface area contributed by atoms with Crippen LogP contribution in [0.5, 0.6) is 5.88 Å². The molecule has 0 bridgehead atoms. The van der Waals surface area contributed by atoms with Gasteiger partial charge in [0.05, 0.1) is 0 Å². The van der Waals surface area contributed by atoms with Gasteiger partial charge in [-0.25, -0.2) is 4.98 Å². The van der Waals surface area contributed by atoms with E-state index < -0.39 is 0 Å². The van der Waals surface area contributed by atoms with Crippen molar-refractivity contribution in [2.45, 2.75) is 52.2 Å². The zero-order chi connectivity index (χ0) is 13.1. The third kappa shape index (κ3) is 3.02. The van der Waals surface area contributed by atoms with Crippen LogP contribution in [0.1, 0.15) is 51.6 Å². The van der Waals surface area contributed by atoms with Crippen LogP contribution >= 0.6 is 0 Å². The van der Waals surface area contributed by atoms with Crippen molar-refractivity contribution in [3.05, 3.63) is 23.9 Å². The topological polar surface area (TPSA) is 48.1 Å². The van der Waals surface area contributed by atoms with E-state index in [4.69, 9.17) is 10.5 Å². The van der Waals surface area contributed by atoms with Gasteiger partial charge in [0.1, 0.15) is 6.10 Å². The zero-order valence-corrected chi connectivity index (χ0v) is 11.6. The van der Waals surface area contributed by atoms with Crippen molar-refractivity contribution in [1.82, 2.24) is 4.98 Å². The van der Waals surface area contributed by atoms with Gasteiger partial charge >= 0.3 is 0 Å². The number of nitrogens with zero attached hydrogens (tertiary/aromatic N) is 1. The van der Waals surface area contributed by atoms with Crippen LogP contribution in [0, 0.1) is 11.8 Å². The maximum atomic E-state index is 6.08. The zero-order valence-electron chi connectivity index (χ0n) is 11.6. The molecule has 1 aromatic rings. The first kappa shape index (κ1) is 13.3. The van der Waals surface area contributed by atoms with Crippen LogP contribution in [0.25, 0.3) is 0 Å². The molecule has 2 rings (SSSR count). The number of rotatable bonds is 3. The first-order valence-electron chi connectivity index (χ1n) is 6.95. The fourth-order valence-corrected chi connectivity index (χ4v) is 2.61. The fraction of sp³-hybridized carbons (Fsp3) is 0.667. The molecule has 1 fully saturated rings. The SMILES string of the molecule is CC1CCC(Oc2ncccc2[C@H](C)N)CC1C. The van der Waals surface area contributed by atoms with Crippen LogP contribution in [0.3, 0.4) is 0 Å². The highest BCUT2D eigenvalue weighted by atomic mass is 16.5. The van der Waals surface area contributed by atoms with Crippen LogP contribution in [-0.4, -0.2) is 11.1 Å². The minimum Gasteiger partial charge on any atom is -0.474 e. The summed E-state index contributed by atoms with van der Waals surface area (Å²) in [6, 6.07) is 3.88. The minimum atomic E-state index is -0.0337. The standard InChI is InChI=1S/C15H24N2O/c1-10-6-7-13(9-11(10)2)18-15-14(12(3)16)5-4-8-17-15/h4-5,8,10-13H,6-7,9,16H2,1-3H3/t10?,11?,12-,13?/m0/s1. The summed E-state index contributed by atoms with van der Waals surface area (Å²) in [5, 5.41) is 0. The first-order chi connectivity index (χ1) is 8.58. The van der Waals surface area contributed by atoms with Gasteiger partial charge in [-0.2, -0.15) is 0 Å². The van der Waals surface area contributed by atoms with Gasteiger partial charge in [-0.05, 0) is 44.1 Å². The predicted octanol–water partition coefficient (Wildman–Crippen LogP) is 3.30. The lowest BCUT2D eigenvalue weighted by molar-refractivity contribution is 0.0951. The lowest BCUT2D eigenvalue weighted by Gasteiger charge is -2.32. The molecule has 3 nitrogen and oxygen atoms in total. The summed E-state index contributed by atoms with van der Waals surface area (Å²) in [7, 11) is 0. The van der Waals surface area contributed by atoms with Crippen molar-refractivity contribution in [1.29, 1.82) is 0 Å². The second-order valence-electron chi connectivity index (χ2n) is 5.69. The first-order valence-corrected chi connectivity index (χ1v) is 6.95. The molecule has 0 radical (unpaired) electrons. The Kier molecular flexibility index (Phi) is 4.23. The minimum absolute atomic E-state index is 0.0337. The molecule has 18 heavy (non-hydrogen) atoms. The van der Waals surface area contributed by atoms with Crippen molar-refractivity contribution < 1.29 is 4.74 Å². The lowest BCUT2D eigenvalue weighted by Crippen LogP contribution is -2.29. The molecular weight excluding hydrogens is 224 g/mol. The Balaban J connectivity index is 2.06. The van der Waals surface area contributed by atoms with E-state index in [1.807, 2.05) is 19.1 Å². The smallest absolute Gasteiger partial charge is 0.218 e. The molecule has 2 N–H and O–H groups in total. The largest absolute Gasteiger partial charge is 0.474 e. The molecule has 1 aromatic heterocycles. The van der Waals surface area contributed by atoms with Crippen molar-refractivity contribution >= 4 is 0 Å². The molecule has 0 amide bonds. The maximum Gasteiger partial charge on any atom is 0.218 e. The van der Waals surface area contributed by atoms with Gasteiger partial charge in [-0.15, -0.1) is 0 Å². The molecular formula is C15H24N2O. The average molecular weight is 248 g/mol. The number of ether oxygens (including phenoxy) is 1. The average Bonchev–Trinajstić information content (AvgIpc) is 2.34. The van der Waals surface area contributed by atoms with E-state index in [0.717, 1.165) is 36.1 Å². The van der Waals surface area contributed by atoms with E-state index >= 15 is 0 Å². The Morgan fingerprint density at radius 3 is 2.78 bits per heavy atom. The van der Waals surface area contributed by atoms with Gasteiger partial charge in [-0.3, -0.25) is 0 Å². The molecule has 1 aliphatic rings. The lowest BCUT2D eigenvalue weighted by atomic mass is 9.80. The summed E-state index contributed by atoms with van der Waals surface area (Å²) in [6.07, 6.45) is 5.56. The second kappa shape index (κ2) is 5.70. The molecule has 1 aliphatic carbocycles. The number of nitrogens with two attached hydrogens (primary N) is 1. The summed E-state index contributed by atoms with van der Waals surface area (Å²) in [5.41, 5.74) is 6.95. The van der Waals surface area contributed by atoms with Gasteiger partial charge in [-0.1, -0.05) is 19.9 Å². The number of hydrogen-bond acceptors (Lipinski definition) is 3. The molecule has 1 saturated carbocycles. The summed E-state index contributed by atoms with van der Waals surface area (Å²) >= 11 is 0. The second-order valence-corrected chi connectivity index (χ2v) is 5.69. The summed E-state index contributed by atoms with van der Waals surface area (Å²) in [6.45, 7) is 6.61. The molecule has 0 spiro atoms. The molecule has 0 aliphatic heterocycles. The molecule has 0 aromatic carbocycles. The van der Waals surface area contributed by atoms with E-state index in [2.05, 4.69) is 18.8 Å². The van der Waals surface area contributed by atoms with E-state index in [1.165, 1.54) is 6.42 Å². The van der Waals surface area contributed by atoms with Crippen molar-refractivity contribution in [3.63, 3.8) is 0 Å². The molecule has 0 saturated heterocycles.